The fourth-order valence-electron chi connectivity index (χ4n) is 2.47. The van der Waals surface area contributed by atoms with Gasteiger partial charge >= 0.3 is 35.1 Å². The number of hydrogen-bond acceptors (Lipinski definition) is 3. The van der Waals surface area contributed by atoms with E-state index in [0.717, 1.165) is 0 Å². The van der Waals surface area contributed by atoms with Crippen molar-refractivity contribution in [2.45, 2.75) is 69.2 Å². The summed E-state index contributed by atoms with van der Waals surface area (Å²) in [5.41, 5.74) is 0. The van der Waals surface area contributed by atoms with Gasteiger partial charge in [0.15, 0.2) is 10.1 Å². The third-order valence-electron chi connectivity index (χ3n) is 5.03. The monoisotopic (exact) mass is 543 g/mol. The zero-order valence-electron chi connectivity index (χ0n) is 17.5. The lowest BCUT2D eigenvalue weighted by atomic mass is 9.96. The molecule has 0 saturated heterocycles. The van der Waals surface area contributed by atoms with Gasteiger partial charge in [-0.1, -0.05) is 0 Å². The highest BCUT2D eigenvalue weighted by atomic mass is 32.2. The standard InChI is InChI=1S/C8H20N.C7H3F13O3S/c1-5-9(6-2,7-3)8-4;8-2(9,1-3(10,11)12)4(13,14)5(15,16)6(17,18)7(19,20)24(21,22)23/h5-8H2,1-4H3;1H2,(H,21,22,23)/q+1;/p-1. The summed E-state index contributed by atoms with van der Waals surface area (Å²) in [5, 5.41) is -7.54. The lowest BCUT2D eigenvalue weighted by Crippen LogP contribution is -2.69. The summed E-state index contributed by atoms with van der Waals surface area (Å²) in [6, 6.07) is 0. The Morgan fingerprint density at radius 1 is 0.606 bits per heavy atom. The van der Waals surface area contributed by atoms with Crippen LogP contribution in [0.4, 0.5) is 57.1 Å². The van der Waals surface area contributed by atoms with Crippen LogP contribution in [-0.2, 0) is 10.1 Å². The van der Waals surface area contributed by atoms with Gasteiger partial charge in [0.25, 0.3) is 0 Å². The predicted octanol–water partition coefficient (Wildman–Crippen LogP) is 5.50. The minimum Gasteiger partial charge on any atom is -0.743 e. The van der Waals surface area contributed by atoms with Crippen LogP contribution >= 0.6 is 0 Å². The lowest BCUT2D eigenvalue weighted by molar-refractivity contribution is -0.921. The van der Waals surface area contributed by atoms with E-state index in [-0.39, 0.29) is 0 Å². The molecule has 0 aromatic heterocycles. The van der Waals surface area contributed by atoms with Crippen molar-refractivity contribution in [2.75, 3.05) is 26.2 Å². The molecule has 0 unspecified atom stereocenters. The highest BCUT2D eigenvalue weighted by molar-refractivity contribution is 7.86. The minimum absolute atomic E-state index is 1.28. The van der Waals surface area contributed by atoms with Crippen molar-refractivity contribution in [3.05, 3.63) is 0 Å². The van der Waals surface area contributed by atoms with Crippen molar-refractivity contribution in [2.24, 2.45) is 0 Å². The molecule has 4 nitrogen and oxygen atoms in total. The number of hydrogen-bond donors (Lipinski definition) is 0. The van der Waals surface area contributed by atoms with E-state index >= 15 is 0 Å². The molecule has 33 heavy (non-hydrogen) atoms. The van der Waals surface area contributed by atoms with Crippen molar-refractivity contribution >= 4 is 10.1 Å². The second-order valence-electron chi connectivity index (χ2n) is 6.80. The van der Waals surface area contributed by atoms with E-state index in [1.807, 2.05) is 0 Å². The molecular weight excluding hydrogens is 521 g/mol. The number of rotatable bonds is 10. The summed E-state index contributed by atoms with van der Waals surface area (Å²) < 4.78 is 193. The summed E-state index contributed by atoms with van der Waals surface area (Å²) in [5.74, 6) is -30.9. The van der Waals surface area contributed by atoms with Gasteiger partial charge in [-0.15, -0.1) is 0 Å². The highest BCUT2D eigenvalue weighted by Gasteiger charge is 2.88. The Morgan fingerprint density at radius 3 is 1.09 bits per heavy atom. The number of quaternary nitrogens is 1. The van der Waals surface area contributed by atoms with Crippen molar-refractivity contribution in [3.63, 3.8) is 0 Å². The first-order valence-electron chi connectivity index (χ1n) is 8.96. The average Bonchev–Trinajstić information content (AvgIpc) is 2.61. The molecule has 0 atom stereocenters. The summed E-state index contributed by atoms with van der Waals surface area (Å²) in [4.78, 5) is 0. The SMILES string of the molecule is CC[N+](CC)(CC)CC.O=S(=O)([O-])C(F)(F)C(F)(F)C(F)(F)C(F)(F)C(F)(F)CC(F)(F)F. The Morgan fingerprint density at radius 2 is 0.909 bits per heavy atom. The van der Waals surface area contributed by atoms with Crippen LogP contribution in [0.15, 0.2) is 0 Å². The topological polar surface area (TPSA) is 57.2 Å². The molecule has 0 bridgehead atoms. The number of halogens is 13. The lowest BCUT2D eigenvalue weighted by Gasteiger charge is -2.39. The predicted molar refractivity (Wildman–Crippen MR) is 87.5 cm³/mol. The van der Waals surface area contributed by atoms with E-state index < -0.39 is 51.7 Å². The van der Waals surface area contributed by atoms with Crippen LogP contribution in [0, 0.1) is 0 Å². The molecule has 0 aliphatic rings. The quantitative estimate of drug-likeness (QED) is 0.208. The summed E-state index contributed by atoms with van der Waals surface area (Å²) in [7, 11) is -7.80. The van der Waals surface area contributed by atoms with E-state index in [9.17, 15) is 70.0 Å². The molecule has 202 valence electrons. The van der Waals surface area contributed by atoms with Gasteiger partial charge in [-0.2, -0.15) is 57.1 Å². The van der Waals surface area contributed by atoms with E-state index in [1.165, 1.54) is 30.7 Å². The molecule has 0 aromatic rings. The summed E-state index contributed by atoms with van der Waals surface area (Å²) in [6.07, 6.45) is -10.5. The van der Waals surface area contributed by atoms with Gasteiger partial charge < -0.3 is 9.04 Å². The van der Waals surface area contributed by atoms with Gasteiger partial charge in [-0.25, -0.2) is 8.42 Å². The van der Waals surface area contributed by atoms with E-state index in [0.29, 0.717) is 0 Å². The molecule has 0 N–H and O–H groups in total. The van der Waals surface area contributed by atoms with Crippen LogP contribution in [0.1, 0.15) is 34.1 Å². The zero-order chi connectivity index (χ0) is 27.5. The molecule has 18 heteroatoms. The third-order valence-corrected chi connectivity index (χ3v) is 5.92. The Labute approximate surface area is 181 Å². The maximum atomic E-state index is 12.8. The van der Waals surface area contributed by atoms with Gasteiger partial charge in [0.1, 0.15) is 6.42 Å². The summed E-state index contributed by atoms with van der Waals surface area (Å²) in [6.45, 7) is 14.2. The molecule has 0 aliphatic carbocycles. The van der Waals surface area contributed by atoms with Crippen molar-refractivity contribution < 1.29 is 74.5 Å². The maximum Gasteiger partial charge on any atom is 0.402 e. The van der Waals surface area contributed by atoms with Gasteiger partial charge in [0.2, 0.25) is 0 Å². The third kappa shape index (κ3) is 6.76. The van der Waals surface area contributed by atoms with Crippen LogP contribution in [0.3, 0.4) is 0 Å². The molecule has 0 rings (SSSR count). The fourth-order valence-corrected chi connectivity index (χ4v) is 2.91. The molecule has 0 aromatic carbocycles. The first kappa shape index (κ1) is 34.1. The first-order chi connectivity index (χ1) is 14.2. The number of alkyl halides is 13. The second kappa shape index (κ2) is 10.3. The molecular formula is C15H22F13NO3S. The normalized spacial score (nSPS) is 15.2. The molecule has 0 amide bonds. The fraction of sp³-hybridized carbons (Fsp3) is 1.00. The molecule has 0 saturated carbocycles. The molecule has 0 radical (unpaired) electrons. The van der Waals surface area contributed by atoms with E-state index in [2.05, 4.69) is 27.7 Å². The zero-order valence-corrected chi connectivity index (χ0v) is 18.3. The summed E-state index contributed by atoms with van der Waals surface area (Å²) >= 11 is 0. The molecule has 0 fully saturated rings. The smallest absolute Gasteiger partial charge is 0.402 e. The second-order valence-corrected chi connectivity index (χ2v) is 8.22. The van der Waals surface area contributed by atoms with Crippen molar-refractivity contribution in [1.82, 2.24) is 0 Å². The van der Waals surface area contributed by atoms with Gasteiger partial charge in [-0.05, 0) is 27.7 Å². The molecule has 0 aliphatic heterocycles. The van der Waals surface area contributed by atoms with Crippen LogP contribution < -0.4 is 0 Å². The minimum atomic E-state index is -8.06. The largest absolute Gasteiger partial charge is 0.743 e. The van der Waals surface area contributed by atoms with Crippen molar-refractivity contribution in [1.29, 1.82) is 0 Å². The van der Waals surface area contributed by atoms with Gasteiger partial charge in [-0.3, -0.25) is 0 Å². The number of nitrogens with zero attached hydrogens (tertiary/aromatic N) is 1. The van der Waals surface area contributed by atoms with Crippen LogP contribution in [0.25, 0.3) is 0 Å². The van der Waals surface area contributed by atoms with E-state index in [4.69, 9.17) is 0 Å². The Balaban J connectivity index is 0. The van der Waals surface area contributed by atoms with Crippen LogP contribution in [0.2, 0.25) is 0 Å². The Hall–Kier alpha value is -1.04. The van der Waals surface area contributed by atoms with E-state index in [1.54, 1.807) is 0 Å². The average molecular weight is 543 g/mol. The Kier molecular flexibility index (Phi) is 10.6. The maximum absolute atomic E-state index is 12.8. The van der Waals surface area contributed by atoms with Crippen molar-refractivity contribution in [3.8, 4) is 0 Å². The Bertz CT molecular complexity index is 714. The molecule has 0 spiro atoms. The first-order valence-corrected chi connectivity index (χ1v) is 10.4. The van der Waals surface area contributed by atoms with Gasteiger partial charge in [0, 0.05) is 0 Å². The molecule has 0 heterocycles. The van der Waals surface area contributed by atoms with Crippen LogP contribution in [0.5, 0.6) is 0 Å². The highest BCUT2D eigenvalue weighted by Crippen LogP contribution is 2.59. The van der Waals surface area contributed by atoms with Crippen LogP contribution in [-0.4, -0.2) is 78.8 Å². The van der Waals surface area contributed by atoms with Gasteiger partial charge in [0.05, 0.1) is 26.2 Å².